The van der Waals surface area contributed by atoms with Crippen LogP contribution >= 0.6 is 11.6 Å². The summed E-state index contributed by atoms with van der Waals surface area (Å²) in [5, 5.41) is 3.57. The van der Waals surface area contributed by atoms with Gasteiger partial charge in [-0.15, -0.1) is 0 Å². The molecule has 0 radical (unpaired) electrons. The summed E-state index contributed by atoms with van der Waals surface area (Å²) in [5.41, 5.74) is 2.67. The second-order valence-electron chi connectivity index (χ2n) is 8.47. The summed E-state index contributed by atoms with van der Waals surface area (Å²) in [6.45, 7) is 0.722. The zero-order chi connectivity index (χ0) is 24.5. The fourth-order valence-corrected chi connectivity index (χ4v) is 4.61. The quantitative estimate of drug-likeness (QED) is 0.516. The van der Waals surface area contributed by atoms with Gasteiger partial charge in [0.15, 0.2) is 0 Å². The summed E-state index contributed by atoms with van der Waals surface area (Å²) in [4.78, 5) is 40.1. The van der Waals surface area contributed by atoms with Crippen LogP contribution in [0.2, 0.25) is 5.02 Å². The van der Waals surface area contributed by atoms with Gasteiger partial charge in [-0.1, -0.05) is 23.7 Å². The van der Waals surface area contributed by atoms with Crippen molar-refractivity contribution in [1.82, 2.24) is 10.2 Å². The minimum atomic E-state index is -0.392. The summed E-state index contributed by atoms with van der Waals surface area (Å²) in [6, 6.07) is 17.2. The van der Waals surface area contributed by atoms with Crippen molar-refractivity contribution in [3.05, 3.63) is 93.5 Å². The van der Waals surface area contributed by atoms with Crippen LogP contribution in [0.3, 0.4) is 0 Å². The fraction of sp³-hybridized carbons (Fsp3) is 0.222. The van der Waals surface area contributed by atoms with Gasteiger partial charge < -0.3 is 14.8 Å². The number of rotatable bonds is 6. The van der Waals surface area contributed by atoms with Crippen molar-refractivity contribution in [3.63, 3.8) is 0 Å². The fourth-order valence-electron chi connectivity index (χ4n) is 4.42. The van der Waals surface area contributed by atoms with Crippen LogP contribution < -0.4 is 14.8 Å². The zero-order valence-electron chi connectivity index (χ0n) is 19.0. The molecule has 0 aromatic heterocycles. The molecule has 35 heavy (non-hydrogen) atoms. The molecule has 1 N–H and O–H groups in total. The Morgan fingerprint density at radius 2 is 1.83 bits per heavy atom. The SMILES string of the molecule is COc1ccc(CCN2C(=O)c3ccc(C(=O)NC4CCOc5ccc(Cl)cc54)cc3C2=O)cc1. The zero-order valence-corrected chi connectivity index (χ0v) is 19.8. The average Bonchev–Trinajstić information content (AvgIpc) is 3.12. The van der Waals surface area contributed by atoms with Crippen molar-refractivity contribution in [2.75, 3.05) is 20.3 Å². The second kappa shape index (κ2) is 9.43. The van der Waals surface area contributed by atoms with Crippen LogP contribution in [-0.4, -0.2) is 42.9 Å². The summed E-state index contributed by atoms with van der Waals surface area (Å²) >= 11 is 6.13. The largest absolute Gasteiger partial charge is 0.497 e. The van der Waals surface area contributed by atoms with E-state index in [0.29, 0.717) is 41.3 Å². The number of imide groups is 1. The molecule has 3 aromatic carbocycles. The van der Waals surface area contributed by atoms with Crippen LogP contribution in [0.5, 0.6) is 11.5 Å². The summed E-state index contributed by atoms with van der Waals surface area (Å²) < 4.78 is 10.8. The van der Waals surface area contributed by atoms with Gasteiger partial charge in [-0.05, 0) is 60.5 Å². The van der Waals surface area contributed by atoms with Gasteiger partial charge >= 0.3 is 0 Å². The Morgan fingerprint density at radius 3 is 2.60 bits per heavy atom. The Hall–Kier alpha value is -3.84. The standard InChI is InChI=1S/C27H23ClN2O5/c1-34-19-6-2-16(3-7-19)10-12-30-26(32)20-8-4-17(14-21(20)27(30)33)25(31)29-23-11-13-35-24-9-5-18(28)15-22(23)24/h2-9,14-15,23H,10-13H2,1H3,(H,29,31). The molecule has 178 valence electrons. The van der Waals surface area contributed by atoms with E-state index < -0.39 is 5.91 Å². The molecular weight excluding hydrogens is 468 g/mol. The van der Waals surface area contributed by atoms with E-state index in [1.807, 2.05) is 24.3 Å². The number of fused-ring (bicyclic) bond motifs is 2. The average molecular weight is 491 g/mol. The van der Waals surface area contributed by atoms with Crippen LogP contribution in [0.1, 0.15) is 54.7 Å². The maximum absolute atomic E-state index is 13.0. The first kappa shape index (κ1) is 22.9. The molecule has 8 heteroatoms. The van der Waals surface area contributed by atoms with Gasteiger partial charge in [0.25, 0.3) is 17.7 Å². The molecular formula is C27H23ClN2O5. The molecule has 1 atom stereocenters. The van der Waals surface area contributed by atoms with Gasteiger partial charge in [-0.25, -0.2) is 0 Å². The van der Waals surface area contributed by atoms with E-state index in [2.05, 4.69) is 5.32 Å². The lowest BCUT2D eigenvalue weighted by Crippen LogP contribution is -2.32. The number of benzene rings is 3. The Kier molecular flexibility index (Phi) is 6.17. The van der Waals surface area contributed by atoms with Crippen molar-refractivity contribution in [3.8, 4) is 11.5 Å². The van der Waals surface area contributed by atoms with E-state index in [4.69, 9.17) is 21.1 Å². The maximum atomic E-state index is 13.0. The lowest BCUT2D eigenvalue weighted by molar-refractivity contribution is 0.0656. The van der Waals surface area contributed by atoms with Crippen LogP contribution in [-0.2, 0) is 6.42 Å². The molecule has 0 bridgehead atoms. The molecule has 0 saturated carbocycles. The van der Waals surface area contributed by atoms with Gasteiger partial charge in [-0.3, -0.25) is 19.3 Å². The van der Waals surface area contributed by atoms with Crippen molar-refractivity contribution >= 4 is 29.3 Å². The molecule has 1 unspecified atom stereocenters. The first-order valence-corrected chi connectivity index (χ1v) is 11.7. The third kappa shape index (κ3) is 4.47. The van der Waals surface area contributed by atoms with Crippen LogP contribution in [0.4, 0.5) is 0 Å². The van der Waals surface area contributed by atoms with Crippen molar-refractivity contribution in [1.29, 1.82) is 0 Å². The Morgan fingerprint density at radius 1 is 1.06 bits per heavy atom. The van der Waals surface area contributed by atoms with E-state index in [1.165, 1.54) is 11.0 Å². The number of ether oxygens (including phenoxy) is 2. The minimum Gasteiger partial charge on any atom is -0.497 e. The lowest BCUT2D eigenvalue weighted by Gasteiger charge is -2.27. The lowest BCUT2D eigenvalue weighted by atomic mass is 9.99. The molecule has 3 aromatic rings. The smallest absolute Gasteiger partial charge is 0.261 e. The molecule has 2 heterocycles. The predicted molar refractivity (Wildman–Crippen MR) is 130 cm³/mol. The molecule has 2 aliphatic rings. The Bertz CT molecular complexity index is 1320. The molecule has 0 fully saturated rings. The number of nitrogens with zero attached hydrogens (tertiary/aromatic N) is 1. The molecule has 0 saturated heterocycles. The number of halogens is 1. The van der Waals surface area contributed by atoms with Crippen LogP contribution in [0.25, 0.3) is 0 Å². The molecule has 2 aliphatic heterocycles. The number of carbonyl (C=O) groups is 3. The van der Waals surface area contributed by atoms with E-state index >= 15 is 0 Å². The molecule has 5 rings (SSSR count). The summed E-state index contributed by atoms with van der Waals surface area (Å²) in [7, 11) is 1.60. The van der Waals surface area contributed by atoms with Gasteiger partial charge in [-0.2, -0.15) is 0 Å². The highest BCUT2D eigenvalue weighted by Gasteiger charge is 2.36. The predicted octanol–water partition coefficient (Wildman–Crippen LogP) is 4.44. The van der Waals surface area contributed by atoms with Gasteiger partial charge in [0.1, 0.15) is 11.5 Å². The van der Waals surface area contributed by atoms with Crippen LogP contribution in [0, 0.1) is 0 Å². The first-order chi connectivity index (χ1) is 16.9. The van der Waals surface area contributed by atoms with Gasteiger partial charge in [0.05, 0.1) is 30.9 Å². The number of amides is 3. The van der Waals surface area contributed by atoms with Gasteiger partial charge in [0, 0.05) is 29.1 Å². The monoisotopic (exact) mass is 490 g/mol. The summed E-state index contributed by atoms with van der Waals surface area (Å²) in [6.07, 6.45) is 1.12. The van der Waals surface area contributed by atoms with Crippen molar-refractivity contribution in [2.24, 2.45) is 0 Å². The van der Waals surface area contributed by atoms with Crippen molar-refractivity contribution < 1.29 is 23.9 Å². The number of nitrogens with one attached hydrogen (secondary N) is 1. The normalized spacial score (nSPS) is 16.4. The molecule has 0 spiro atoms. The van der Waals surface area contributed by atoms with E-state index in [0.717, 1.165) is 16.9 Å². The first-order valence-electron chi connectivity index (χ1n) is 11.3. The van der Waals surface area contributed by atoms with E-state index in [9.17, 15) is 14.4 Å². The highest BCUT2D eigenvalue weighted by atomic mass is 35.5. The number of hydrogen-bond donors (Lipinski definition) is 1. The third-order valence-electron chi connectivity index (χ3n) is 6.33. The summed E-state index contributed by atoms with van der Waals surface area (Å²) in [5.74, 6) is 0.359. The number of methoxy groups -OCH3 is 1. The van der Waals surface area contributed by atoms with Gasteiger partial charge in [0.2, 0.25) is 0 Å². The maximum Gasteiger partial charge on any atom is 0.261 e. The van der Waals surface area contributed by atoms with Crippen LogP contribution in [0.15, 0.2) is 60.7 Å². The van der Waals surface area contributed by atoms with E-state index in [-0.39, 0.29) is 30.0 Å². The minimum absolute atomic E-state index is 0.243. The van der Waals surface area contributed by atoms with E-state index in [1.54, 1.807) is 37.4 Å². The Labute approximate surface area is 207 Å². The number of carbonyl (C=O) groups excluding carboxylic acids is 3. The highest BCUT2D eigenvalue weighted by Crippen LogP contribution is 2.34. The molecule has 3 amide bonds. The van der Waals surface area contributed by atoms with Crippen molar-refractivity contribution in [2.45, 2.75) is 18.9 Å². The number of hydrogen-bond acceptors (Lipinski definition) is 5. The molecule has 0 aliphatic carbocycles. The molecule has 7 nitrogen and oxygen atoms in total. The third-order valence-corrected chi connectivity index (χ3v) is 6.57. The topological polar surface area (TPSA) is 84.9 Å². The second-order valence-corrected chi connectivity index (χ2v) is 8.90. The highest BCUT2D eigenvalue weighted by molar-refractivity contribution is 6.30. The Balaban J connectivity index is 1.30.